The van der Waals surface area contributed by atoms with E-state index in [1.54, 1.807) is 12.5 Å². The van der Waals surface area contributed by atoms with Gasteiger partial charge in [0.05, 0.1) is 11.4 Å². The number of hydrogen-bond donors (Lipinski definition) is 1. The molecule has 0 aromatic heterocycles. The largest absolute Gasteiger partial charge is 0.411 e. The number of para-hydroxylation sites is 1. The number of oxime groups is 1. The van der Waals surface area contributed by atoms with Gasteiger partial charge in [-0.2, -0.15) is 0 Å². The monoisotopic (exact) mass is 330 g/mol. The van der Waals surface area contributed by atoms with Gasteiger partial charge in [0.15, 0.2) is 0 Å². The minimum absolute atomic E-state index is 0.577. The van der Waals surface area contributed by atoms with Gasteiger partial charge in [-0.1, -0.05) is 60.1 Å². The van der Waals surface area contributed by atoms with Crippen LogP contribution in [0, 0.1) is 5.92 Å². The van der Waals surface area contributed by atoms with E-state index in [2.05, 4.69) is 36.3 Å². The van der Waals surface area contributed by atoms with Gasteiger partial charge in [-0.05, 0) is 42.0 Å². The number of allylic oxidation sites excluding steroid dienone is 2. The summed E-state index contributed by atoms with van der Waals surface area (Å²) in [6.45, 7) is 4.12. The van der Waals surface area contributed by atoms with E-state index in [0.717, 1.165) is 30.5 Å². The molecule has 2 aliphatic carbocycles. The van der Waals surface area contributed by atoms with Crippen LogP contribution in [-0.2, 0) is 6.42 Å². The summed E-state index contributed by atoms with van der Waals surface area (Å²) < 4.78 is 0. The lowest BCUT2D eigenvalue weighted by molar-refractivity contribution is 0.319. The first-order chi connectivity index (χ1) is 12.2. The zero-order valence-corrected chi connectivity index (χ0v) is 14.7. The standard InChI is InChI=1S/C22H22N2O/c1-14-11-16-7-3-4-9-19(16)21-13-17(12-20(14)21)23-22-10-6-5-8-18(22)15(2)24-25/h3-10,14,25H,11-13H2,1-2H3. The van der Waals surface area contributed by atoms with Gasteiger partial charge in [-0.3, -0.25) is 4.99 Å². The summed E-state index contributed by atoms with van der Waals surface area (Å²) in [4.78, 5) is 4.94. The molecule has 3 heteroatoms. The SMILES string of the molecule is CC(=NO)c1ccccc1N=C1CC2=C(C1)C(C)Cc1ccccc12. The van der Waals surface area contributed by atoms with Crippen LogP contribution in [0.3, 0.4) is 0 Å². The smallest absolute Gasteiger partial charge is 0.0858 e. The van der Waals surface area contributed by atoms with Crippen molar-refractivity contribution in [3.05, 3.63) is 70.8 Å². The van der Waals surface area contributed by atoms with E-state index in [1.807, 2.05) is 24.3 Å². The van der Waals surface area contributed by atoms with Crippen LogP contribution in [0.4, 0.5) is 5.69 Å². The maximum absolute atomic E-state index is 9.12. The van der Waals surface area contributed by atoms with Crippen molar-refractivity contribution in [2.24, 2.45) is 16.1 Å². The molecule has 2 aliphatic rings. The van der Waals surface area contributed by atoms with Crippen molar-refractivity contribution in [2.45, 2.75) is 33.1 Å². The highest BCUT2D eigenvalue weighted by Crippen LogP contribution is 2.43. The number of aliphatic imine (C=N–C) groups is 1. The third-order valence-corrected chi connectivity index (χ3v) is 5.35. The van der Waals surface area contributed by atoms with Crippen molar-refractivity contribution >= 4 is 22.7 Å². The van der Waals surface area contributed by atoms with Gasteiger partial charge in [-0.25, -0.2) is 0 Å². The predicted molar refractivity (Wildman–Crippen MR) is 103 cm³/mol. The molecule has 1 unspecified atom stereocenters. The minimum atomic E-state index is 0.577. The Bertz CT molecular complexity index is 921. The van der Waals surface area contributed by atoms with Crippen LogP contribution in [0.2, 0.25) is 0 Å². The van der Waals surface area contributed by atoms with Crippen molar-refractivity contribution in [1.29, 1.82) is 0 Å². The Labute approximate surface area is 148 Å². The molecule has 0 aliphatic heterocycles. The molecule has 0 fully saturated rings. The summed E-state index contributed by atoms with van der Waals surface area (Å²) in [5, 5.41) is 12.5. The molecule has 0 saturated heterocycles. The van der Waals surface area contributed by atoms with Crippen molar-refractivity contribution in [3.63, 3.8) is 0 Å². The van der Waals surface area contributed by atoms with Crippen molar-refractivity contribution in [3.8, 4) is 0 Å². The van der Waals surface area contributed by atoms with Crippen LogP contribution in [0.15, 0.2) is 64.3 Å². The number of nitrogens with zero attached hydrogens (tertiary/aromatic N) is 2. The molecule has 1 N–H and O–H groups in total. The molecule has 1 atom stereocenters. The Balaban J connectivity index is 1.71. The van der Waals surface area contributed by atoms with Crippen LogP contribution in [-0.4, -0.2) is 16.6 Å². The van der Waals surface area contributed by atoms with Gasteiger partial charge in [0, 0.05) is 24.1 Å². The molecule has 3 nitrogen and oxygen atoms in total. The Morgan fingerprint density at radius 2 is 1.80 bits per heavy atom. The average Bonchev–Trinajstić information content (AvgIpc) is 3.06. The second kappa shape index (κ2) is 6.32. The van der Waals surface area contributed by atoms with Crippen molar-refractivity contribution < 1.29 is 5.21 Å². The first-order valence-corrected chi connectivity index (χ1v) is 8.82. The Hall–Kier alpha value is -2.68. The summed E-state index contributed by atoms with van der Waals surface area (Å²) >= 11 is 0. The second-order valence-electron chi connectivity index (χ2n) is 7.00. The molecule has 0 heterocycles. The fourth-order valence-corrected chi connectivity index (χ4v) is 4.07. The normalized spacial score (nSPS) is 21.4. The van der Waals surface area contributed by atoms with Gasteiger partial charge in [0.1, 0.15) is 0 Å². The van der Waals surface area contributed by atoms with E-state index in [4.69, 9.17) is 10.2 Å². The number of hydrogen-bond acceptors (Lipinski definition) is 3. The van der Waals surface area contributed by atoms with E-state index in [9.17, 15) is 0 Å². The van der Waals surface area contributed by atoms with Crippen molar-refractivity contribution in [2.75, 3.05) is 0 Å². The summed E-state index contributed by atoms with van der Waals surface area (Å²) in [5.41, 5.74) is 9.44. The topological polar surface area (TPSA) is 45.0 Å². The molecule has 2 aromatic rings. The summed E-state index contributed by atoms with van der Waals surface area (Å²) in [6, 6.07) is 16.6. The van der Waals surface area contributed by atoms with Crippen LogP contribution in [0.1, 0.15) is 43.4 Å². The molecular formula is C22H22N2O. The van der Waals surface area contributed by atoms with E-state index in [0.29, 0.717) is 11.6 Å². The lowest BCUT2D eigenvalue weighted by Crippen LogP contribution is -2.10. The highest BCUT2D eigenvalue weighted by molar-refractivity contribution is 6.07. The summed E-state index contributed by atoms with van der Waals surface area (Å²) in [6.07, 6.45) is 2.99. The molecular weight excluding hydrogens is 308 g/mol. The molecule has 0 spiro atoms. The van der Waals surface area contributed by atoms with Crippen molar-refractivity contribution in [1.82, 2.24) is 0 Å². The van der Waals surface area contributed by atoms with Crippen LogP contribution >= 0.6 is 0 Å². The van der Waals surface area contributed by atoms with E-state index < -0.39 is 0 Å². The molecule has 0 radical (unpaired) electrons. The van der Waals surface area contributed by atoms with Crippen LogP contribution in [0.5, 0.6) is 0 Å². The van der Waals surface area contributed by atoms with Gasteiger partial charge < -0.3 is 5.21 Å². The zero-order chi connectivity index (χ0) is 17.4. The number of fused-ring (bicyclic) bond motifs is 2. The van der Waals surface area contributed by atoms with Crippen LogP contribution in [0.25, 0.3) is 5.57 Å². The molecule has 0 bridgehead atoms. The average molecular weight is 330 g/mol. The number of benzene rings is 2. The van der Waals surface area contributed by atoms with Gasteiger partial charge in [-0.15, -0.1) is 0 Å². The maximum atomic E-state index is 9.12. The number of rotatable bonds is 2. The van der Waals surface area contributed by atoms with E-state index >= 15 is 0 Å². The first-order valence-electron chi connectivity index (χ1n) is 8.82. The Kier molecular flexibility index (Phi) is 4.00. The molecule has 2 aromatic carbocycles. The third-order valence-electron chi connectivity index (χ3n) is 5.35. The highest BCUT2D eigenvalue weighted by Gasteiger charge is 2.30. The molecule has 0 amide bonds. The summed E-state index contributed by atoms with van der Waals surface area (Å²) in [7, 11) is 0. The highest BCUT2D eigenvalue weighted by atomic mass is 16.4. The lowest BCUT2D eigenvalue weighted by Gasteiger charge is -2.24. The first kappa shape index (κ1) is 15.8. The summed E-state index contributed by atoms with van der Waals surface area (Å²) in [5.74, 6) is 0.577. The fourth-order valence-electron chi connectivity index (χ4n) is 4.07. The molecule has 4 rings (SSSR count). The Morgan fingerprint density at radius 1 is 1.04 bits per heavy atom. The fraction of sp³-hybridized carbons (Fsp3) is 0.273. The Morgan fingerprint density at radius 3 is 2.64 bits per heavy atom. The maximum Gasteiger partial charge on any atom is 0.0858 e. The van der Waals surface area contributed by atoms with E-state index in [1.165, 1.54) is 22.4 Å². The second-order valence-corrected chi connectivity index (χ2v) is 7.00. The minimum Gasteiger partial charge on any atom is -0.411 e. The predicted octanol–water partition coefficient (Wildman–Crippen LogP) is 5.40. The van der Waals surface area contributed by atoms with Gasteiger partial charge in [0.25, 0.3) is 0 Å². The molecule has 0 saturated carbocycles. The van der Waals surface area contributed by atoms with Gasteiger partial charge in [0.2, 0.25) is 0 Å². The van der Waals surface area contributed by atoms with Crippen LogP contribution < -0.4 is 0 Å². The lowest BCUT2D eigenvalue weighted by atomic mass is 9.81. The van der Waals surface area contributed by atoms with Gasteiger partial charge >= 0.3 is 0 Å². The molecule has 126 valence electrons. The molecule has 25 heavy (non-hydrogen) atoms. The zero-order valence-electron chi connectivity index (χ0n) is 14.7. The van der Waals surface area contributed by atoms with E-state index in [-0.39, 0.29) is 0 Å². The quantitative estimate of drug-likeness (QED) is 0.447. The third kappa shape index (κ3) is 2.80.